The maximum absolute atomic E-state index is 5.03. The molecule has 1 N–H and O–H groups in total. The van der Waals surface area contributed by atoms with Gasteiger partial charge in [-0.2, -0.15) is 0 Å². The predicted octanol–water partition coefficient (Wildman–Crippen LogP) is 4.48. The number of ether oxygens (including phenoxy) is 1. The molecule has 0 aromatic heterocycles. The molecule has 118 valence electrons. The Bertz CT molecular complexity index is 385. The fourth-order valence-electron chi connectivity index (χ4n) is 2.94. The predicted molar refractivity (Wildman–Crippen MR) is 91.9 cm³/mol. The summed E-state index contributed by atoms with van der Waals surface area (Å²) in [5.41, 5.74) is 1.35. The molecule has 1 saturated carbocycles. The van der Waals surface area contributed by atoms with E-state index in [1.807, 2.05) is 0 Å². The molecule has 0 bridgehead atoms. The van der Waals surface area contributed by atoms with Gasteiger partial charge in [-0.25, -0.2) is 0 Å². The smallest absolute Gasteiger partial charge is 0.0587 e. The first-order chi connectivity index (χ1) is 10.3. The summed E-state index contributed by atoms with van der Waals surface area (Å²) in [5.74, 6) is 0.988. The van der Waals surface area contributed by atoms with Gasteiger partial charge in [-0.1, -0.05) is 25.5 Å². The van der Waals surface area contributed by atoms with Crippen molar-refractivity contribution >= 4 is 11.8 Å². The molecule has 3 heteroatoms. The Morgan fingerprint density at radius 2 is 1.86 bits per heavy atom. The minimum absolute atomic E-state index is 0.772. The molecule has 1 aliphatic rings. The van der Waals surface area contributed by atoms with Crippen LogP contribution in [0.2, 0.25) is 0 Å². The Hall–Kier alpha value is -0.510. The van der Waals surface area contributed by atoms with Crippen molar-refractivity contribution in [3.8, 4) is 0 Å². The summed E-state index contributed by atoms with van der Waals surface area (Å²) in [6.45, 7) is 4.94. The number of nitrogens with one attached hydrogen (secondary N) is 1. The minimum atomic E-state index is 0.772. The summed E-state index contributed by atoms with van der Waals surface area (Å²) in [7, 11) is 1.74. The van der Waals surface area contributed by atoms with E-state index < -0.39 is 0 Å². The third-order valence-corrected chi connectivity index (χ3v) is 5.76. The van der Waals surface area contributed by atoms with E-state index in [1.165, 1.54) is 42.6 Å². The number of rotatable bonds is 8. The lowest BCUT2D eigenvalue weighted by Gasteiger charge is -2.27. The summed E-state index contributed by atoms with van der Waals surface area (Å²) in [6, 6.07) is 9.06. The minimum Gasteiger partial charge on any atom is -0.383 e. The molecule has 0 saturated heterocycles. The van der Waals surface area contributed by atoms with Crippen molar-refractivity contribution in [1.82, 2.24) is 5.32 Å². The van der Waals surface area contributed by atoms with Crippen LogP contribution < -0.4 is 5.32 Å². The Kier molecular flexibility index (Phi) is 7.62. The lowest BCUT2D eigenvalue weighted by atomic mass is 9.87. The van der Waals surface area contributed by atoms with E-state index >= 15 is 0 Å². The fraction of sp³-hybridized carbons (Fsp3) is 0.667. The van der Waals surface area contributed by atoms with Crippen LogP contribution in [0.5, 0.6) is 0 Å². The summed E-state index contributed by atoms with van der Waals surface area (Å²) >= 11 is 2.08. The van der Waals surface area contributed by atoms with E-state index in [-0.39, 0.29) is 0 Å². The number of hydrogen-bond acceptors (Lipinski definition) is 3. The molecule has 0 amide bonds. The maximum atomic E-state index is 5.03. The quantitative estimate of drug-likeness (QED) is 0.715. The van der Waals surface area contributed by atoms with Crippen molar-refractivity contribution in [2.45, 2.75) is 55.7 Å². The van der Waals surface area contributed by atoms with Gasteiger partial charge in [0.1, 0.15) is 0 Å². The molecular formula is C18H29NOS. The molecular weight excluding hydrogens is 278 g/mol. The van der Waals surface area contributed by atoms with Gasteiger partial charge in [0, 0.05) is 30.3 Å². The van der Waals surface area contributed by atoms with Crippen LogP contribution in [-0.2, 0) is 11.3 Å². The van der Waals surface area contributed by atoms with E-state index in [0.717, 1.165) is 30.9 Å². The largest absolute Gasteiger partial charge is 0.383 e. The van der Waals surface area contributed by atoms with E-state index in [1.54, 1.807) is 7.11 Å². The first-order valence-corrected chi connectivity index (χ1v) is 9.15. The van der Waals surface area contributed by atoms with Crippen molar-refractivity contribution < 1.29 is 4.74 Å². The van der Waals surface area contributed by atoms with Gasteiger partial charge in [0.2, 0.25) is 0 Å². The molecule has 0 spiro atoms. The van der Waals surface area contributed by atoms with Crippen LogP contribution in [0, 0.1) is 5.92 Å². The highest BCUT2D eigenvalue weighted by atomic mass is 32.2. The Morgan fingerprint density at radius 3 is 2.48 bits per heavy atom. The molecule has 0 heterocycles. The van der Waals surface area contributed by atoms with Crippen LogP contribution >= 0.6 is 11.8 Å². The molecule has 1 aromatic rings. The van der Waals surface area contributed by atoms with Crippen molar-refractivity contribution in [3.05, 3.63) is 29.8 Å². The molecule has 0 aliphatic heterocycles. The van der Waals surface area contributed by atoms with Gasteiger partial charge >= 0.3 is 0 Å². The van der Waals surface area contributed by atoms with Crippen molar-refractivity contribution in [1.29, 1.82) is 0 Å². The van der Waals surface area contributed by atoms with Crippen LogP contribution in [0.3, 0.4) is 0 Å². The van der Waals surface area contributed by atoms with Gasteiger partial charge in [-0.05, 0) is 49.3 Å². The molecule has 2 rings (SSSR count). The highest BCUT2D eigenvalue weighted by Crippen LogP contribution is 2.36. The maximum Gasteiger partial charge on any atom is 0.0587 e. The lowest BCUT2D eigenvalue weighted by molar-refractivity contribution is 0.199. The number of methoxy groups -OCH3 is 1. The zero-order chi connectivity index (χ0) is 14.9. The van der Waals surface area contributed by atoms with Crippen LogP contribution in [0.1, 0.15) is 44.6 Å². The average Bonchev–Trinajstić information content (AvgIpc) is 2.54. The molecule has 1 fully saturated rings. The third-order valence-electron chi connectivity index (χ3n) is 4.41. The molecule has 1 aromatic carbocycles. The lowest BCUT2D eigenvalue weighted by Crippen LogP contribution is -2.18. The normalized spacial score (nSPS) is 22.4. The van der Waals surface area contributed by atoms with Crippen molar-refractivity contribution in [2.75, 3.05) is 20.3 Å². The van der Waals surface area contributed by atoms with Gasteiger partial charge in [-0.3, -0.25) is 0 Å². The average molecular weight is 308 g/mol. The van der Waals surface area contributed by atoms with Gasteiger partial charge in [-0.15, -0.1) is 11.8 Å². The number of hydrogen-bond donors (Lipinski definition) is 1. The topological polar surface area (TPSA) is 21.3 Å². The van der Waals surface area contributed by atoms with E-state index in [4.69, 9.17) is 4.74 Å². The summed E-state index contributed by atoms with van der Waals surface area (Å²) in [4.78, 5) is 1.43. The van der Waals surface area contributed by atoms with E-state index in [0.29, 0.717) is 0 Å². The van der Waals surface area contributed by atoms with Crippen molar-refractivity contribution in [2.24, 2.45) is 5.92 Å². The van der Waals surface area contributed by atoms with Gasteiger partial charge in [0.25, 0.3) is 0 Å². The summed E-state index contributed by atoms with van der Waals surface area (Å²) < 4.78 is 5.03. The summed E-state index contributed by atoms with van der Waals surface area (Å²) in [6.07, 6.45) is 7.00. The SMILES string of the molecule is CCC1CCC(Sc2ccc(CNCCOC)cc2)CC1. The van der Waals surface area contributed by atoms with Crippen molar-refractivity contribution in [3.63, 3.8) is 0 Å². The van der Waals surface area contributed by atoms with Crippen LogP contribution in [0.4, 0.5) is 0 Å². The third kappa shape index (κ3) is 6.01. The number of benzene rings is 1. The zero-order valence-electron chi connectivity index (χ0n) is 13.4. The first-order valence-electron chi connectivity index (χ1n) is 8.27. The Balaban J connectivity index is 1.72. The highest BCUT2D eigenvalue weighted by molar-refractivity contribution is 8.00. The zero-order valence-corrected chi connectivity index (χ0v) is 14.3. The monoisotopic (exact) mass is 307 g/mol. The molecule has 1 aliphatic carbocycles. The van der Waals surface area contributed by atoms with Gasteiger partial charge in [0.15, 0.2) is 0 Å². The fourth-order valence-corrected chi connectivity index (χ4v) is 4.13. The van der Waals surface area contributed by atoms with Gasteiger partial charge < -0.3 is 10.1 Å². The second-order valence-corrected chi connectivity index (χ2v) is 7.36. The second kappa shape index (κ2) is 9.50. The second-order valence-electron chi connectivity index (χ2n) is 5.98. The Labute approximate surface area is 134 Å². The van der Waals surface area contributed by atoms with Crippen LogP contribution in [0.25, 0.3) is 0 Å². The molecule has 21 heavy (non-hydrogen) atoms. The first kappa shape index (κ1) is 16.9. The highest BCUT2D eigenvalue weighted by Gasteiger charge is 2.20. The molecule has 0 radical (unpaired) electrons. The van der Waals surface area contributed by atoms with Crippen LogP contribution in [0.15, 0.2) is 29.2 Å². The molecule has 2 nitrogen and oxygen atoms in total. The Morgan fingerprint density at radius 1 is 1.14 bits per heavy atom. The van der Waals surface area contributed by atoms with Gasteiger partial charge in [0.05, 0.1) is 6.61 Å². The summed E-state index contributed by atoms with van der Waals surface area (Å²) in [5, 5.41) is 4.21. The van der Waals surface area contributed by atoms with Crippen LogP contribution in [-0.4, -0.2) is 25.5 Å². The number of thioether (sulfide) groups is 1. The van der Waals surface area contributed by atoms with E-state index in [2.05, 4.69) is 48.3 Å². The molecule has 0 unspecified atom stereocenters. The van der Waals surface area contributed by atoms with E-state index in [9.17, 15) is 0 Å². The standard InChI is InChI=1S/C18H29NOS/c1-3-15-4-8-17(9-5-15)21-18-10-6-16(7-11-18)14-19-12-13-20-2/h6-7,10-11,15,17,19H,3-5,8-9,12-14H2,1-2H3. The molecule has 0 atom stereocenters.